The average molecular weight is 249 g/mol. The van der Waals surface area contributed by atoms with Crippen LogP contribution in [-0.4, -0.2) is 52.3 Å². The molecule has 1 aliphatic heterocycles. The molecule has 0 bridgehead atoms. The van der Waals surface area contributed by atoms with Crippen molar-refractivity contribution in [3.63, 3.8) is 0 Å². The number of anilines is 1. The number of piperazine rings is 1. The van der Waals surface area contributed by atoms with Gasteiger partial charge in [0.1, 0.15) is 5.75 Å². The Morgan fingerprint density at radius 1 is 1.28 bits per heavy atom. The second-order valence-electron chi connectivity index (χ2n) is 4.92. The molecule has 1 saturated heterocycles. The summed E-state index contributed by atoms with van der Waals surface area (Å²) in [7, 11) is 5.89. The summed E-state index contributed by atoms with van der Waals surface area (Å²) in [6.45, 7) is 5.39. The van der Waals surface area contributed by atoms with Crippen molar-refractivity contribution in [2.75, 3.05) is 52.3 Å². The number of hydrogen-bond acceptors (Lipinski definition) is 4. The van der Waals surface area contributed by atoms with Crippen LogP contribution < -0.4 is 15.0 Å². The number of nitrogens with zero attached hydrogens (tertiary/aromatic N) is 2. The van der Waals surface area contributed by atoms with Crippen molar-refractivity contribution >= 4 is 5.69 Å². The van der Waals surface area contributed by atoms with Gasteiger partial charge in [-0.25, -0.2) is 0 Å². The van der Waals surface area contributed by atoms with Crippen molar-refractivity contribution in [2.24, 2.45) is 0 Å². The highest BCUT2D eigenvalue weighted by Gasteiger charge is 2.13. The van der Waals surface area contributed by atoms with Crippen LogP contribution in [0.1, 0.15) is 5.56 Å². The van der Waals surface area contributed by atoms with E-state index in [4.69, 9.17) is 4.74 Å². The average Bonchev–Trinajstić information content (AvgIpc) is 2.39. The molecule has 0 atom stereocenters. The van der Waals surface area contributed by atoms with Crippen LogP contribution in [-0.2, 0) is 6.54 Å². The predicted molar refractivity (Wildman–Crippen MR) is 75.5 cm³/mol. The molecular formula is C14H23N3O. The Morgan fingerprint density at radius 3 is 2.61 bits per heavy atom. The van der Waals surface area contributed by atoms with Gasteiger partial charge in [0.25, 0.3) is 0 Å². The highest BCUT2D eigenvalue weighted by atomic mass is 16.5. The van der Waals surface area contributed by atoms with Gasteiger partial charge >= 0.3 is 0 Å². The minimum atomic E-state index is 0.936. The fourth-order valence-corrected chi connectivity index (χ4v) is 2.36. The van der Waals surface area contributed by atoms with Crippen LogP contribution in [0.15, 0.2) is 18.2 Å². The standard InChI is InChI=1S/C14H23N3O/c1-16(2)14-5-4-13(18-3)10-12(14)11-17-8-6-15-7-9-17/h4-5,10,15H,6-9,11H2,1-3H3. The minimum Gasteiger partial charge on any atom is -0.497 e. The van der Waals surface area contributed by atoms with E-state index < -0.39 is 0 Å². The minimum absolute atomic E-state index is 0.936. The molecule has 0 radical (unpaired) electrons. The third kappa shape index (κ3) is 3.15. The van der Waals surface area contributed by atoms with Gasteiger partial charge in [0.05, 0.1) is 7.11 Å². The van der Waals surface area contributed by atoms with Gasteiger partial charge in [-0.05, 0) is 23.8 Å². The van der Waals surface area contributed by atoms with Gasteiger partial charge in [-0.15, -0.1) is 0 Å². The summed E-state index contributed by atoms with van der Waals surface area (Å²) < 4.78 is 5.33. The van der Waals surface area contributed by atoms with Gasteiger partial charge in [0.2, 0.25) is 0 Å². The quantitative estimate of drug-likeness (QED) is 0.867. The second kappa shape index (κ2) is 6.07. The van der Waals surface area contributed by atoms with Crippen LogP contribution in [0, 0.1) is 0 Å². The van der Waals surface area contributed by atoms with Gasteiger partial charge in [-0.3, -0.25) is 4.90 Å². The maximum absolute atomic E-state index is 5.33. The highest BCUT2D eigenvalue weighted by Crippen LogP contribution is 2.25. The molecule has 1 aliphatic rings. The van der Waals surface area contributed by atoms with E-state index in [9.17, 15) is 0 Å². The number of ether oxygens (including phenoxy) is 1. The Bertz CT molecular complexity index is 387. The zero-order chi connectivity index (χ0) is 13.0. The lowest BCUT2D eigenvalue weighted by Crippen LogP contribution is -2.43. The Labute approximate surface area is 110 Å². The van der Waals surface area contributed by atoms with Crippen LogP contribution in [0.25, 0.3) is 0 Å². The lowest BCUT2D eigenvalue weighted by Gasteiger charge is -2.29. The molecule has 100 valence electrons. The van der Waals surface area contributed by atoms with E-state index in [-0.39, 0.29) is 0 Å². The smallest absolute Gasteiger partial charge is 0.119 e. The molecule has 0 amide bonds. The van der Waals surface area contributed by atoms with Gasteiger partial charge in [0.15, 0.2) is 0 Å². The molecule has 0 aromatic heterocycles. The van der Waals surface area contributed by atoms with Gasteiger partial charge in [0, 0.05) is 52.5 Å². The summed E-state index contributed by atoms with van der Waals surface area (Å²) in [6.07, 6.45) is 0. The Morgan fingerprint density at radius 2 is 2.00 bits per heavy atom. The zero-order valence-corrected chi connectivity index (χ0v) is 11.6. The fourth-order valence-electron chi connectivity index (χ4n) is 2.36. The van der Waals surface area contributed by atoms with Crippen LogP contribution in [0.2, 0.25) is 0 Å². The molecule has 4 nitrogen and oxygen atoms in total. The molecule has 0 spiro atoms. The SMILES string of the molecule is COc1ccc(N(C)C)c(CN2CCNCC2)c1. The van der Waals surface area contributed by atoms with E-state index in [1.165, 1.54) is 11.3 Å². The molecule has 1 aromatic carbocycles. The fraction of sp³-hybridized carbons (Fsp3) is 0.571. The Balaban J connectivity index is 2.17. The summed E-state index contributed by atoms with van der Waals surface area (Å²) in [5.41, 5.74) is 2.61. The first-order valence-corrected chi connectivity index (χ1v) is 6.48. The lowest BCUT2D eigenvalue weighted by molar-refractivity contribution is 0.233. The van der Waals surface area contributed by atoms with Gasteiger partial charge < -0.3 is 15.0 Å². The molecule has 1 heterocycles. The summed E-state index contributed by atoms with van der Waals surface area (Å²) >= 11 is 0. The van der Waals surface area contributed by atoms with Crippen molar-refractivity contribution in [1.82, 2.24) is 10.2 Å². The Hall–Kier alpha value is -1.26. The number of methoxy groups -OCH3 is 1. The van der Waals surface area contributed by atoms with E-state index in [2.05, 4.69) is 41.3 Å². The van der Waals surface area contributed by atoms with Gasteiger partial charge in [-0.2, -0.15) is 0 Å². The topological polar surface area (TPSA) is 27.7 Å². The first-order chi connectivity index (χ1) is 8.70. The molecular weight excluding hydrogens is 226 g/mol. The third-order valence-corrected chi connectivity index (χ3v) is 3.37. The highest BCUT2D eigenvalue weighted by molar-refractivity contribution is 5.55. The molecule has 0 saturated carbocycles. The molecule has 0 unspecified atom stereocenters. The van der Waals surface area contributed by atoms with E-state index in [0.717, 1.165) is 38.5 Å². The first-order valence-electron chi connectivity index (χ1n) is 6.48. The lowest BCUT2D eigenvalue weighted by atomic mass is 10.1. The monoisotopic (exact) mass is 249 g/mol. The van der Waals surface area contributed by atoms with Crippen LogP contribution >= 0.6 is 0 Å². The maximum Gasteiger partial charge on any atom is 0.119 e. The molecule has 4 heteroatoms. The van der Waals surface area contributed by atoms with Crippen molar-refractivity contribution in [3.8, 4) is 5.75 Å². The van der Waals surface area contributed by atoms with Crippen molar-refractivity contribution < 1.29 is 4.74 Å². The summed E-state index contributed by atoms with van der Waals surface area (Å²) in [5, 5.41) is 3.38. The van der Waals surface area contributed by atoms with E-state index in [1.54, 1.807) is 7.11 Å². The third-order valence-electron chi connectivity index (χ3n) is 3.37. The summed E-state index contributed by atoms with van der Waals surface area (Å²) in [6, 6.07) is 6.31. The second-order valence-corrected chi connectivity index (χ2v) is 4.92. The van der Waals surface area contributed by atoms with Crippen LogP contribution in [0.4, 0.5) is 5.69 Å². The molecule has 1 fully saturated rings. The number of hydrogen-bond donors (Lipinski definition) is 1. The molecule has 1 aromatic rings. The first kappa shape index (κ1) is 13.2. The Kier molecular flexibility index (Phi) is 4.44. The summed E-state index contributed by atoms with van der Waals surface area (Å²) in [4.78, 5) is 4.65. The molecule has 1 N–H and O–H groups in total. The van der Waals surface area contributed by atoms with Crippen LogP contribution in [0.5, 0.6) is 5.75 Å². The van der Waals surface area contributed by atoms with E-state index in [0.29, 0.717) is 0 Å². The van der Waals surface area contributed by atoms with Crippen LogP contribution in [0.3, 0.4) is 0 Å². The summed E-state index contributed by atoms with van der Waals surface area (Å²) in [5.74, 6) is 0.936. The number of rotatable bonds is 4. The predicted octanol–water partition coefficient (Wildman–Crippen LogP) is 1.17. The van der Waals surface area contributed by atoms with E-state index in [1.807, 2.05) is 6.07 Å². The van der Waals surface area contributed by atoms with Crippen molar-refractivity contribution in [1.29, 1.82) is 0 Å². The largest absolute Gasteiger partial charge is 0.497 e. The number of nitrogens with one attached hydrogen (secondary N) is 1. The zero-order valence-electron chi connectivity index (χ0n) is 11.6. The van der Waals surface area contributed by atoms with E-state index >= 15 is 0 Å². The van der Waals surface area contributed by atoms with Gasteiger partial charge in [-0.1, -0.05) is 0 Å². The van der Waals surface area contributed by atoms with Crippen molar-refractivity contribution in [2.45, 2.75) is 6.54 Å². The normalized spacial score (nSPS) is 16.6. The number of benzene rings is 1. The molecule has 0 aliphatic carbocycles. The molecule has 18 heavy (non-hydrogen) atoms. The maximum atomic E-state index is 5.33. The van der Waals surface area contributed by atoms with Crippen molar-refractivity contribution in [3.05, 3.63) is 23.8 Å². The molecule has 2 rings (SSSR count).